The topological polar surface area (TPSA) is 46.5 Å². The molecule has 0 radical (unpaired) electrons. The molecule has 0 aliphatic rings. The molecular formula is C19H38O3. The molecule has 3 nitrogen and oxygen atoms in total. The number of carbonyl (C=O) groups excluding carboxylic acids is 1. The number of hydrogen-bond acceptors (Lipinski definition) is 3. The fraction of sp³-hybridized carbons (Fsp3) is 0.947. The van der Waals surface area contributed by atoms with E-state index in [1.807, 2.05) is 13.8 Å². The van der Waals surface area contributed by atoms with E-state index < -0.39 is 0 Å². The van der Waals surface area contributed by atoms with Crippen LogP contribution >= 0.6 is 0 Å². The molecule has 132 valence electrons. The molecule has 0 fully saturated rings. The van der Waals surface area contributed by atoms with E-state index in [1.165, 1.54) is 19.3 Å². The number of aliphatic hydroxyl groups is 1. The molecular weight excluding hydrogens is 276 g/mol. The van der Waals surface area contributed by atoms with E-state index in [-0.39, 0.29) is 11.7 Å². The molecule has 0 bridgehead atoms. The van der Waals surface area contributed by atoms with E-state index in [4.69, 9.17) is 4.74 Å². The van der Waals surface area contributed by atoms with E-state index in [0.717, 1.165) is 44.9 Å². The standard InChI is InChI=1S/C19H38O3/c1-18(2,3)14-10-6-8-12-17(21)13-9-7-11-15-19(4,5)22-16-20/h16-17,21H,6-15H2,1-5H3. The molecule has 1 atom stereocenters. The number of aliphatic hydroxyl groups excluding tert-OH is 1. The molecule has 1 N–H and O–H groups in total. The van der Waals surface area contributed by atoms with Gasteiger partial charge in [0.05, 0.1) is 6.10 Å². The van der Waals surface area contributed by atoms with Crippen LogP contribution in [0.5, 0.6) is 0 Å². The summed E-state index contributed by atoms with van der Waals surface area (Å²) in [5.41, 5.74) is 0.0768. The molecule has 0 saturated carbocycles. The lowest BCUT2D eigenvalue weighted by Crippen LogP contribution is -2.23. The average molecular weight is 315 g/mol. The summed E-state index contributed by atoms with van der Waals surface area (Å²) in [4.78, 5) is 10.3. The zero-order valence-electron chi connectivity index (χ0n) is 15.5. The van der Waals surface area contributed by atoms with E-state index in [2.05, 4.69) is 20.8 Å². The normalized spacial score (nSPS) is 13.9. The Hall–Kier alpha value is -0.570. The predicted octanol–water partition coefficient (Wildman–Crippen LogP) is 5.25. The smallest absolute Gasteiger partial charge is 0.293 e. The predicted molar refractivity (Wildman–Crippen MR) is 92.9 cm³/mol. The van der Waals surface area contributed by atoms with Crippen molar-refractivity contribution in [2.75, 3.05) is 0 Å². The van der Waals surface area contributed by atoms with Crippen molar-refractivity contribution >= 4 is 6.47 Å². The summed E-state index contributed by atoms with van der Waals surface area (Å²) in [6, 6.07) is 0. The van der Waals surface area contributed by atoms with Crippen molar-refractivity contribution in [3.63, 3.8) is 0 Å². The number of rotatable bonds is 13. The van der Waals surface area contributed by atoms with Crippen LogP contribution in [-0.2, 0) is 9.53 Å². The first-order valence-corrected chi connectivity index (χ1v) is 8.96. The number of carbonyl (C=O) groups is 1. The van der Waals surface area contributed by atoms with Gasteiger partial charge in [-0.25, -0.2) is 0 Å². The van der Waals surface area contributed by atoms with Crippen molar-refractivity contribution < 1.29 is 14.6 Å². The third-order valence-corrected chi connectivity index (χ3v) is 4.15. The Bertz CT molecular complexity index is 279. The summed E-state index contributed by atoms with van der Waals surface area (Å²) in [7, 11) is 0. The zero-order chi connectivity index (χ0) is 17.1. The second-order valence-corrected chi connectivity index (χ2v) is 8.39. The van der Waals surface area contributed by atoms with Crippen LogP contribution in [0.3, 0.4) is 0 Å². The monoisotopic (exact) mass is 314 g/mol. The van der Waals surface area contributed by atoms with E-state index in [0.29, 0.717) is 11.9 Å². The van der Waals surface area contributed by atoms with E-state index in [9.17, 15) is 9.90 Å². The Kier molecular flexibility index (Phi) is 10.8. The van der Waals surface area contributed by atoms with Gasteiger partial charge in [0.2, 0.25) is 0 Å². The lowest BCUT2D eigenvalue weighted by atomic mass is 9.89. The molecule has 0 aromatic heterocycles. The van der Waals surface area contributed by atoms with Gasteiger partial charge in [0.15, 0.2) is 0 Å². The van der Waals surface area contributed by atoms with Crippen LogP contribution in [0.4, 0.5) is 0 Å². The number of hydrogen-bond donors (Lipinski definition) is 1. The Morgan fingerprint density at radius 1 is 0.864 bits per heavy atom. The zero-order valence-corrected chi connectivity index (χ0v) is 15.5. The molecule has 0 amide bonds. The van der Waals surface area contributed by atoms with Crippen molar-refractivity contribution in [1.29, 1.82) is 0 Å². The third kappa shape index (κ3) is 14.4. The Balaban J connectivity index is 3.47. The second-order valence-electron chi connectivity index (χ2n) is 8.39. The van der Waals surface area contributed by atoms with Crippen LogP contribution in [0.1, 0.15) is 98.8 Å². The highest BCUT2D eigenvalue weighted by atomic mass is 16.5. The second kappa shape index (κ2) is 11.0. The Morgan fingerprint density at radius 3 is 1.82 bits per heavy atom. The van der Waals surface area contributed by atoms with Crippen molar-refractivity contribution in [3.05, 3.63) is 0 Å². The first kappa shape index (κ1) is 21.4. The summed E-state index contributed by atoms with van der Waals surface area (Å²) < 4.78 is 5.03. The minimum absolute atomic E-state index is 0.145. The molecule has 22 heavy (non-hydrogen) atoms. The van der Waals surface area contributed by atoms with Gasteiger partial charge in [-0.1, -0.05) is 52.9 Å². The van der Waals surface area contributed by atoms with E-state index in [1.54, 1.807) is 0 Å². The first-order valence-electron chi connectivity index (χ1n) is 8.96. The third-order valence-electron chi connectivity index (χ3n) is 4.15. The van der Waals surface area contributed by atoms with Crippen LogP contribution in [0.25, 0.3) is 0 Å². The van der Waals surface area contributed by atoms with Gasteiger partial charge in [-0.2, -0.15) is 0 Å². The van der Waals surface area contributed by atoms with Crippen LogP contribution in [0, 0.1) is 5.41 Å². The molecule has 0 aromatic rings. The van der Waals surface area contributed by atoms with Crippen LogP contribution in [0.2, 0.25) is 0 Å². The maximum absolute atomic E-state index is 10.3. The summed E-state index contributed by atoms with van der Waals surface area (Å²) >= 11 is 0. The fourth-order valence-corrected chi connectivity index (χ4v) is 2.65. The molecule has 0 aromatic carbocycles. The van der Waals surface area contributed by atoms with Crippen molar-refractivity contribution in [1.82, 2.24) is 0 Å². The highest BCUT2D eigenvalue weighted by Gasteiger charge is 2.17. The van der Waals surface area contributed by atoms with Gasteiger partial charge in [0.1, 0.15) is 5.60 Å². The molecule has 0 spiro atoms. The summed E-state index contributed by atoms with van der Waals surface area (Å²) in [5, 5.41) is 9.98. The molecule has 0 aliphatic carbocycles. The summed E-state index contributed by atoms with van der Waals surface area (Å²) in [6.45, 7) is 11.3. The maximum atomic E-state index is 10.3. The molecule has 0 aliphatic heterocycles. The fourth-order valence-electron chi connectivity index (χ4n) is 2.65. The number of unbranched alkanes of at least 4 members (excludes halogenated alkanes) is 4. The van der Waals surface area contributed by atoms with Crippen LogP contribution in [0.15, 0.2) is 0 Å². The van der Waals surface area contributed by atoms with Gasteiger partial charge < -0.3 is 9.84 Å². The Morgan fingerprint density at radius 2 is 1.36 bits per heavy atom. The molecule has 0 heterocycles. The van der Waals surface area contributed by atoms with Crippen LogP contribution < -0.4 is 0 Å². The van der Waals surface area contributed by atoms with Crippen LogP contribution in [-0.4, -0.2) is 23.3 Å². The van der Waals surface area contributed by atoms with Crippen molar-refractivity contribution in [3.8, 4) is 0 Å². The molecule has 3 heteroatoms. The number of ether oxygens (including phenoxy) is 1. The molecule has 0 rings (SSSR count). The minimum Gasteiger partial charge on any atom is -0.462 e. The van der Waals surface area contributed by atoms with Crippen molar-refractivity contribution in [2.24, 2.45) is 5.41 Å². The van der Waals surface area contributed by atoms with Gasteiger partial charge in [0, 0.05) is 0 Å². The maximum Gasteiger partial charge on any atom is 0.293 e. The van der Waals surface area contributed by atoms with Gasteiger partial charge in [0.25, 0.3) is 6.47 Å². The van der Waals surface area contributed by atoms with Gasteiger partial charge in [-0.3, -0.25) is 4.79 Å². The van der Waals surface area contributed by atoms with E-state index >= 15 is 0 Å². The lowest BCUT2D eigenvalue weighted by Gasteiger charge is -2.22. The van der Waals surface area contributed by atoms with Gasteiger partial charge in [-0.05, 0) is 51.4 Å². The van der Waals surface area contributed by atoms with Crippen molar-refractivity contribution in [2.45, 2.75) is 111 Å². The Labute approximate surface area is 137 Å². The largest absolute Gasteiger partial charge is 0.462 e. The highest BCUT2D eigenvalue weighted by molar-refractivity contribution is 5.38. The first-order chi connectivity index (χ1) is 10.2. The van der Waals surface area contributed by atoms with Gasteiger partial charge in [-0.15, -0.1) is 0 Å². The summed E-state index contributed by atoms with van der Waals surface area (Å²) in [6.07, 6.45) is 10.7. The molecule has 0 saturated heterocycles. The quantitative estimate of drug-likeness (QED) is 0.373. The highest BCUT2D eigenvalue weighted by Crippen LogP contribution is 2.23. The summed E-state index contributed by atoms with van der Waals surface area (Å²) in [5.74, 6) is 0. The minimum atomic E-state index is -0.354. The average Bonchev–Trinajstić information content (AvgIpc) is 2.36. The lowest BCUT2D eigenvalue weighted by molar-refractivity contribution is -0.140. The molecule has 1 unspecified atom stereocenters. The van der Waals surface area contributed by atoms with Gasteiger partial charge >= 0.3 is 0 Å². The SMILES string of the molecule is CC(C)(C)CCCCCC(O)CCCCCC(C)(C)OC=O.